The molecular formula is C17H17BrN4O4S2. The summed E-state index contributed by atoms with van der Waals surface area (Å²) in [5.41, 5.74) is 0.615. The molecule has 2 aromatic rings. The number of carbonyl (C=O) groups excluding carboxylic acids is 2. The predicted octanol–water partition coefficient (Wildman–Crippen LogP) is 3.32. The number of nitrogens with one attached hydrogen (secondary N) is 1. The van der Waals surface area contributed by atoms with Crippen LogP contribution in [0.1, 0.15) is 19.8 Å². The molecule has 0 saturated heterocycles. The van der Waals surface area contributed by atoms with Crippen LogP contribution in [-0.4, -0.2) is 47.0 Å². The van der Waals surface area contributed by atoms with Gasteiger partial charge < -0.3 is 14.8 Å². The summed E-state index contributed by atoms with van der Waals surface area (Å²) in [4.78, 5) is 25.8. The van der Waals surface area contributed by atoms with Crippen molar-refractivity contribution in [3.8, 4) is 11.5 Å². The van der Waals surface area contributed by atoms with Gasteiger partial charge in [-0.05, 0) is 28.8 Å². The van der Waals surface area contributed by atoms with Crippen LogP contribution in [0.25, 0.3) is 0 Å². The van der Waals surface area contributed by atoms with Crippen LogP contribution in [0.5, 0.6) is 11.5 Å². The Hall–Kier alpha value is -1.85. The molecule has 0 radical (unpaired) electrons. The minimum Gasteiger partial charge on any atom is -0.486 e. The highest BCUT2D eigenvalue weighted by molar-refractivity contribution is 9.10. The topological polar surface area (TPSA) is 93.7 Å². The molecule has 0 spiro atoms. The molecule has 11 heteroatoms. The summed E-state index contributed by atoms with van der Waals surface area (Å²) in [5.74, 6) is 1.23. The van der Waals surface area contributed by atoms with Gasteiger partial charge in [-0.15, -0.1) is 10.2 Å². The van der Waals surface area contributed by atoms with Crippen molar-refractivity contribution in [2.45, 2.75) is 30.1 Å². The van der Waals surface area contributed by atoms with Crippen molar-refractivity contribution in [1.29, 1.82) is 0 Å². The molecule has 28 heavy (non-hydrogen) atoms. The first kappa shape index (κ1) is 19.5. The van der Waals surface area contributed by atoms with Crippen LogP contribution in [0.4, 0.5) is 10.8 Å². The second-order valence-corrected chi connectivity index (χ2v) is 9.32. The minimum absolute atomic E-state index is 0.0311. The first-order valence-corrected chi connectivity index (χ1v) is 11.3. The lowest BCUT2D eigenvalue weighted by Gasteiger charge is -2.20. The number of fused-ring (bicyclic) bond motifs is 1. The Morgan fingerprint density at radius 1 is 1.29 bits per heavy atom. The lowest BCUT2D eigenvalue weighted by Crippen LogP contribution is -2.30. The maximum absolute atomic E-state index is 12.3. The molecule has 2 amide bonds. The van der Waals surface area contributed by atoms with E-state index in [-0.39, 0.29) is 23.6 Å². The van der Waals surface area contributed by atoms with Crippen LogP contribution >= 0.6 is 39.0 Å². The number of rotatable bonds is 6. The van der Waals surface area contributed by atoms with E-state index in [1.54, 1.807) is 17.0 Å². The molecule has 4 rings (SSSR count). The van der Waals surface area contributed by atoms with E-state index in [9.17, 15) is 9.59 Å². The number of nitrogens with zero attached hydrogens (tertiary/aromatic N) is 3. The predicted molar refractivity (Wildman–Crippen MR) is 111 cm³/mol. The molecule has 2 aliphatic rings. The molecule has 1 saturated carbocycles. The van der Waals surface area contributed by atoms with Gasteiger partial charge in [0.2, 0.25) is 16.9 Å². The number of amides is 2. The van der Waals surface area contributed by atoms with Crippen LogP contribution in [0.3, 0.4) is 0 Å². The van der Waals surface area contributed by atoms with E-state index in [0.29, 0.717) is 39.9 Å². The highest BCUT2D eigenvalue weighted by Gasteiger charge is 2.34. The lowest BCUT2D eigenvalue weighted by molar-refractivity contribution is -0.116. The number of thioether (sulfide) groups is 1. The van der Waals surface area contributed by atoms with E-state index in [4.69, 9.17) is 9.47 Å². The SMILES string of the molecule is CC(=O)N(c1nnc(SCC(=O)Nc2cc3c(cc2Br)OCCO3)s1)C1CC1. The van der Waals surface area contributed by atoms with Crippen molar-refractivity contribution in [3.63, 3.8) is 0 Å². The summed E-state index contributed by atoms with van der Waals surface area (Å²) in [5, 5.41) is 11.6. The summed E-state index contributed by atoms with van der Waals surface area (Å²) >= 11 is 6.05. The van der Waals surface area contributed by atoms with Gasteiger partial charge in [-0.3, -0.25) is 14.5 Å². The number of halogens is 1. The summed E-state index contributed by atoms with van der Waals surface area (Å²) in [6.45, 7) is 2.52. The van der Waals surface area contributed by atoms with Crippen LogP contribution < -0.4 is 19.7 Å². The number of carbonyl (C=O) groups is 2. The van der Waals surface area contributed by atoms with E-state index < -0.39 is 0 Å². The first-order valence-electron chi connectivity index (χ1n) is 8.66. The second kappa shape index (κ2) is 8.26. The van der Waals surface area contributed by atoms with Crippen LogP contribution in [-0.2, 0) is 9.59 Å². The molecule has 2 heterocycles. The third-order valence-corrected chi connectivity index (χ3v) is 6.80. The van der Waals surface area contributed by atoms with Gasteiger partial charge in [0, 0.05) is 29.6 Å². The van der Waals surface area contributed by atoms with E-state index in [2.05, 4.69) is 31.4 Å². The average molecular weight is 485 g/mol. The van der Waals surface area contributed by atoms with Gasteiger partial charge in [0.15, 0.2) is 15.8 Å². The number of hydrogen-bond acceptors (Lipinski definition) is 8. The number of hydrogen-bond donors (Lipinski definition) is 1. The van der Waals surface area contributed by atoms with Gasteiger partial charge in [-0.2, -0.15) is 0 Å². The van der Waals surface area contributed by atoms with E-state index in [0.717, 1.165) is 17.3 Å². The normalized spacial score (nSPS) is 15.2. The Bertz CT molecular complexity index is 919. The van der Waals surface area contributed by atoms with Crippen molar-refractivity contribution < 1.29 is 19.1 Å². The minimum atomic E-state index is -0.176. The number of anilines is 2. The van der Waals surface area contributed by atoms with Crippen LogP contribution in [0.2, 0.25) is 0 Å². The zero-order chi connectivity index (χ0) is 19.7. The van der Waals surface area contributed by atoms with Gasteiger partial charge in [0.25, 0.3) is 0 Å². The third kappa shape index (κ3) is 4.41. The van der Waals surface area contributed by atoms with Gasteiger partial charge in [-0.25, -0.2) is 0 Å². The van der Waals surface area contributed by atoms with Gasteiger partial charge in [0.05, 0.1) is 11.4 Å². The van der Waals surface area contributed by atoms with Crippen molar-refractivity contribution in [1.82, 2.24) is 10.2 Å². The summed E-state index contributed by atoms with van der Waals surface area (Å²) in [7, 11) is 0. The van der Waals surface area contributed by atoms with E-state index >= 15 is 0 Å². The third-order valence-electron chi connectivity index (χ3n) is 4.09. The quantitative estimate of drug-likeness (QED) is 0.496. The highest BCUT2D eigenvalue weighted by atomic mass is 79.9. The van der Waals surface area contributed by atoms with Gasteiger partial charge in [0.1, 0.15) is 13.2 Å². The fraction of sp³-hybridized carbons (Fsp3) is 0.412. The highest BCUT2D eigenvalue weighted by Crippen LogP contribution is 2.39. The fourth-order valence-electron chi connectivity index (χ4n) is 2.71. The van der Waals surface area contributed by atoms with E-state index in [1.165, 1.54) is 30.0 Å². The number of ether oxygens (including phenoxy) is 2. The molecule has 1 aromatic heterocycles. The first-order chi connectivity index (χ1) is 13.5. The van der Waals surface area contributed by atoms with Gasteiger partial charge >= 0.3 is 0 Å². The lowest BCUT2D eigenvalue weighted by atomic mass is 10.2. The Labute approximate surface area is 178 Å². The molecule has 0 unspecified atom stereocenters. The molecule has 1 N–H and O–H groups in total. The average Bonchev–Trinajstić information content (AvgIpc) is 3.38. The summed E-state index contributed by atoms with van der Waals surface area (Å²) < 4.78 is 12.4. The van der Waals surface area contributed by atoms with Crippen molar-refractivity contribution >= 4 is 61.7 Å². The van der Waals surface area contributed by atoms with Crippen LogP contribution in [0.15, 0.2) is 20.9 Å². The van der Waals surface area contributed by atoms with E-state index in [1.807, 2.05) is 0 Å². The maximum atomic E-state index is 12.3. The standard InChI is InChI=1S/C17H17BrN4O4S2/c1-9(23)22(10-2-3-10)16-20-21-17(28-16)27-8-15(24)19-12-7-14-13(6-11(12)18)25-4-5-26-14/h6-7,10H,2-5,8H2,1H3,(H,19,24). The maximum Gasteiger partial charge on any atom is 0.234 e. The molecular weight excluding hydrogens is 468 g/mol. The molecule has 1 aromatic carbocycles. The Kier molecular flexibility index (Phi) is 5.74. The summed E-state index contributed by atoms with van der Waals surface area (Å²) in [6.07, 6.45) is 1.99. The van der Waals surface area contributed by atoms with Crippen LogP contribution in [0, 0.1) is 0 Å². The van der Waals surface area contributed by atoms with Crippen molar-refractivity contribution in [3.05, 3.63) is 16.6 Å². The smallest absolute Gasteiger partial charge is 0.234 e. The Morgan fingerprint density at radius 2 is 2.00 bits per heavy atom. The number of benzene rings is 1. The molecule has 1 aliphatic carbocycles. The monoisotopic (exact) mass is 484 g/mol. The van der Waals surface area contributed by atoms with Crippen molar-refractivity contribution in [2.24, 2.45) is 0 Å². The molecule has 148 valence electrons. The zero-order valence-corrected chi connectivity index (χ0v) is 18.2. The second-order valence-electron chi connectivity index (χ2n) is 6.28. The fourth-order valence-corrected chi connectivity index (χ4v) is 4.89. The number of aromatic nitrogens is 2. The van der Waals surface area contributed by atoms with Crippen molar-refractivity contribution in [2.75, 3.05) is 29.2 Å². The molecule has 8 nitrogen and oxygen atoms in total. The Balaban J connectivity index is 1.36. The molecule has 0 atom stereocenters. The zero-order valence-electron chi connectivity index (χ0n) is 14.9. The largest absolute Gasteiger partial charge is 0.486 e. The van der Waals surface area contributed by atoms with Gasteiger partial charge in [-0.1, -0.05) is 23.1 Å². The molecule has 0 bridgehead atoms. The molecule has 1 fully saturated rings. The Morgan fingerprint density at radius 3 is 2.68 bits per heavy atom. The molecule has 1 aliphatic heterocycles. The summed E-state index contributed by atoms with van der Waals surface area (Å²) in [6, 6.07) is 3.76.